The molecule has 1 amide bonds. The molecule has 0 aromatic rings. The van der Waals surface area contributed by atoms with Crippen LogP contribution in [0.1, 0.15) is 12.8 Å². The Balaban J connectivity index is 2.69. The Morgan fingerprint density at radius 3 is 2.65 bits per heavy atom. The minimum atomic E-state index is -4.96. The van der Waals surface area contributed by atoms with Crippen LogP contribution in [0.2, 0.25) is 0 Å². The van der Waals surface area contributed by atoms with Crippen LogP contribution in [0.5, 0.6) is 0 Å². The van der Waals surface area contributed by atoms with E-state index in [-0.39, 0.29) is 19.6 Å². The predicted octanol–water partition coefficient (Wildman–Crippen LogP) is 1.27. The topological polar surface area (TPSA) is 46.6 Å². The summed E-state index contributed by atoms with van der Waals surface area (Å²) in [5.74, 6) is -2.81. The molecular weight excluding hydrogens is 239 g/mol. The van der Waals surface area contributed by atoms with Crippen molar-refractivity contribution in [2.45, 2.75) is 25.1 Å². The minimum Gasteiger partial charge on any atom is -0.460 e. The quantitative estimate of drug-likeness (QED) is 0.560. The number of ether oxygens (including phenoxy) is 1. The molecule has 0 aliphatic carbocycles. The van der Waals surface area contributed by atoms with Gasteiger partial charge in [-0.2, -0.15) is 13.2 Å². The zero-order valence-electron chi connectivity index (χ0n) is 9.00. The summed E-state index contributed by atoms with van der Waals surface area (Å²) in [4.78, 5) is 23.0. The summed E-state index contributed by atoms with van der Waals surface area (Å²) in [7, 11) is 0. The molecule has 0 aromatic heterocycles. The van der Waals surface area contributed by atoms with Crippen molar-refractivity contribution >= 4 is 11.9 Å². The van der Waals surface area contributed by atoms with Gasteiger partial charge in [0.05, 0.1) is 0 Å². The molecule has 1 aliphatic rings. The van der Waals surface area contributed by atoms with Crippen LogP contribution >= 0.6 is 0 Å². The van der Waals surface area contributed by atoms with Gasteiger partial charge < -0.3 is 9.64 Å². The average molecular weight is 251 g/mol. The van der Waals surface area contributed by atoms with E-state index in [1.165, 1.54) is 6.08 Å². The summed E-state index contributed by atoms with van der Waals surface area (Å²) in [5.41, 5.74) is 0. The van der Waals surface area contributed by atoms with Crippen LogP contribution in [0.3, 0.4) is 0 Å². The number of amides is 1. The van der Waals surface area contributed by atoms with Crippen molar-refractivity contribution in [2.75, 3.05) is 13.2 Å². The molecule has 1 aliphatic heterocycles. The van der Waals surface area contributed by atoms with Gasteiger partial charge in [-0.25, -0.2) is 4.79 Å². The Morgan fingerprint density at radius 1 is 1.47 bits per heavy atom. The van der Waals surface area contributed by atoms with Crippen molar-refractivity contribution in [3.05, 3.63) is 12.7 Å². The molecule has 0 saturated carbocycles. The lowest BCUT2D eigenvalue weighted by atomic mass is 10.2. The summed E-state index contributed by atoms with van der Waals surface area (Å²) in [6.45, 7) is 3.16. The van der Waals surface area contributed by atoms with Crippen LogP contribution in [0.15, 0.2) is 12.7 Å². The van der Waals surface area contributed by atoms with Crippen LogP contribution in [0.4, 0.5) is 13.2 Å². The summed E-state index contributed by atoms with van der Waals surface area (Å²) < 4.78 is 41.3. The van der Waals surface area contributed by atoms with E-state index in [0.29, 0.717) is 11.3 Å². The van der Waals surface area contributed by atoms with E-state index < -0.39 is 24.1 Å². The first-order chi connectivity index (χ1) is 7.88. The number of hydrogen-bond donors (Lipinski definition) is 0. The summed E-state index contributed by atoms with van der Waals surface area (Å²) >= 11 is 0. The number of likely N-dealkylation sites (tertiary alicyclic amines) is 1. The SMILES string of the molecule is C=CCOC(=O)[C@@H]1CCCN1C(=O)C(F)(F)F. The first-order valence-corrected chi connectivity index (χ1v) is 5.03. The lowest BCUT2D eigenvalue weighted by molar-refractivity contribution is -0.188. The Morgan fingerprint density at radius 2 is 2.12 bits per heavy atom. The molecule has 4 nitrogen and oxygen atoms in total. The molecule has 1 saturated heterocycles. The highest BCUT2D eigenvalue weighted by Crippen LogP contribution is 2.26. The second kappa shape index (κ2) is 5.20. The molecule has 1 atom stereocenters. The lowest BCUT2D eigenvalue weighted by Crippen LogP contribution is -2.47. The Labute approximate surface area is 96.0 Å². The van der Waals surface area contributed by atoms with E-state index in [1.807, 2.05) is 0 Å². The van der Waals surface area contributed by atoms with Crippen molar-refractivity contribution in [1.82, 2.24) is 4.90 Å². The number of halogens is 3. The van der Waals surface area contributed by atoms with E-state index in [9.17, 15) is 22.8 Å². The van der Waals surface area contributed by atoms with E-state index in [1.54, 1.807) is 0 Å². The van der Waals surface area contributed by atoms with Crippen LogP contribution in [0.25, 0.3) is 0 Å². The lowest BCUT2D eigenvalue weighted by Gasteiger charge is -2.23. The maximum atomic E-state index is 12.2. The molecule has 0 N–H and O–H groups in total. The van der Waals surface area contributed by atoms with Gasteiger partial charge in [-0.3, -0.25) is 4.79 Å². The van der Waals surface area contributed by atoms with Gasteiger partial charge >= 0.3 is 18.1 Å². The van der Waals surface area contributed by atoms with Crippen LogP contribution in [-0.2, 0) is 14.3 Å². The van der Waals surface area contributed by atoms with Gasteiger partial charge in [0.25, 0.3) is 0 Å². The standard InChI is InChI=1S/C10H12F3NO3/c1-2-6-17-8(15)7-4-3-5-14(7)9(16)10(11,12)13/h2,7H,1,3-6H2/t7-/m0/s1. The monoisotopic (exact) mass is 251 g/mol. The van der Waals surface area contributed by atoms with Crippen molar-refractivity contribution in [3.8, 4) is 0 Å². The highest BCUT2D eigenvalue weighted by Gasteiger charge is 2.48. The summed E-state index contributed by atoms with van der Waals surface area (Å²) in [5, 5.41) is 0. The third-order valence-electron chi connectivity index (χ3n) is 2.37. The minimum absolute atomic E-state index is 0.0772. The van der Waals surface area contributed by atoms with E-state index in [4.69, 9.17) is 0 Å². The van der Waals surface area contributed by atoms with Crippen LogP contribution in [-0.4, -0.2) is 42.1 Å². The van der Waals surface area contributed by atoms with Gasteiger partial charge in [0, 0.05) is 6.54 Å². The van der Waals surface area contributed by atoms with Gasteiger partial charge in [-0.15, -0.1) is 0 Å². The molecule has 0 unspecified atom stereocenters. The van der Waals surface area contributed by atoms with Gasteiger partial charge in [0.15, 0.2) is 0 Å². The fourth-order valence-corrected chi connectivity index (χ4v) is 1.65. The number of carbonyl (C=O) groups is 2. The number of esters is 1. The van der Waals surface area contributed by atoms with E-state index in [2.05, 4.69) is 11.3 Å². The number of carbonyl (C=O) groups excluding carboxylic acids is 2. The molecule has 0 bridgehead atoms. The van der Waals surface area contributed by atoms with Crippen molar-refractivity contribution in [1.29, 1.82) is 0 Å². The molecule has 1 fully saturated rings. The van der Waals surface area contributed by atoms with Gasteiger partial charge in [-0.05, 0) is 12.8 Å². The Hall–Kier alpha value is -1.53. The number of nitrogens with zero attached hydrogens (tertiary/aromatic N) is 1. The van der Waals surface area contributed by atoms with Crippen molar-refractivity contribution in [2.24, 2.45) is 0 Å². The maximum Gasteiger partial charge on any atom is 0.471 e. The predicted molar refractivity (Wildman–Crippen MR) is 51.9 cm³/mol. The largest absolute Gasteiger partial charge is 0.471 e. The van der Waals surface area contributed by atoms with E-state index in [0.717, 1.165) is 0 Å². The third kappa shape index (κ3) is 3.21. The first kappa shape index (κ1) is 13.5. The molecule has 1 rings (SSSR count). The average Bonchev–Trinajstić information content (AvgIpc) is 2.72. The van der Waals surface area contributed by atoms with Gasteiger partial charge in [0.1, 0.15) is 12.6 Å². The molecule has 7 heteroatoms. The van der Waals surface area contributed by atoms with Gasteiger partial charge in [0.2, 0.25) is 0 Å². The molecule has 0 spiro atoms. The van der Waals surface area contributed by atoms with Crippen LogP contribution < -0.4 is 0 Å². The summed E-state index contributed by atoms with van der Waals surface area (Å²) in [6.07, 6.45) is -3.10. The smallest absolute Gasteiger partial charge is 0.460 e. The fourth-order valence-electron chi connectivity index (χ4n) is 1.65. The summed E-state index contributed by atoms with van der Waals surface area (Å²) in [6, 6.07) is -1.14. The molecule has 96 valence electrons. The second-order valence-electron chi connectivity index (χ2n) is 3.57. The van der Waals surface area contributed by atoms with Gasteiger partial charge in [-0.1, -0.05) is 12.7 Å². The zero-order chi connectivity index (χ0) is 13.1. The molecule has 0 aromatic carbocycles. The molecular formula is C10H12F3NO3. The van der Waals surface area contributed by atoms with Crippen LogP contribution in [0, 0.1) is 0 Å². The van der Waals surface area contributed by atoms with Crippen molar-refractivity contribution in [3.63, 3.8) is 0 Å². The Bertz CT molecular complexity index is 327. The molecule has 0 radical (unpaired) electrons. The molecule has 17 heavy (non-hydrogen) atoms. The third-order valence-corrected chi connectivity index (χ3v) is 2.37. The number of rotatable bonds is 3. The molecule has 1 heterocycles. The normalized spacial score (nSPS) is 20.2. The zero-order valence-corrected chi connectivity index (χ0v) is 9.00. The van der Waals surface area contributed by atoms with Crippen molar-refractivity contribution < 1.29 is 27.5 Å². The number of hydrogen-bond acceptors (Lipinski definition) is 3. The second-order valence-corrected chi connectivity index (χ2v) is 3.57. The highest BCUT2D eigenvalue weighted by atomic mass is 19.4. The fraction of sp³-hybridized carbons (Fsp3) is 0.600. The number of alkyl halides is 3. The van der Waals surface area contributed by atoms with E-state index >= 15 is 0 Å². The Kier molecular flexibility index (Phi) is 4.14. The first-order valence-electron chi connectivity index (χ1n) is 5.03. The highest BCUT2D eigenvalue weighted by molar-refractivity contribution is 5.88. The maximum absolute atomic E-state index is 12.2.